The number of piperazine rings is 1. The van der Waals surface area contributed by atoms with Crippen LogP contribution in [0, 0.1) is 5.92 Å². The second-order valence-corrected chi connectivity index (χ2v) is 6.13. The first-order valence-corrected chi connectivity index (χ1v) is 7.42. The minimum absolute atomic E-state index is 0.0394. The fraction of sp³-hybridized carbons (Fsp3) is 0.533. The van der Waals surface area contributed by atoms with E-state index in [-0.39, 0.29) is 5.91 Å². The van der Waals surface area contributed by atoms with Gasteiger partial charge in [0.2, 0.25) is 0 Å². The largest absolute Gasteiger partial charge is 0.398 e. The summed E-state index contributed by atoms with van der Waals surface area (Å²) in [5.74, 6) is 0.700. The number of benzene rings is 1. The molecule has 1 aliphatic heterocycles. The molecule has 1 saturated heterocycles. The van der Waals surface area contributed by atoms with Crippen LogP contribution in [0.2, 0.25) is 5.02 Å². The molecule has 1 aliphatic rings. The number of anilines is 1. The predicted octanol–water partition coefficient (Wildman–Crippen LogP) is 2.34. The Balaban J connectivity index is 1.96. The molecule has 1 amide bonds. The second kappa shape index (κ2) is 6.46. The molecule has 1 heterocycles. The summed E-state index contributed by atoms with van der Waals surface area (Å²) in [5, 5.41) is 0.489. The lowest BCUT2D eigenvalue weighted by molar-refractivity contribution is 0.0624. The first kappa shape index (κ1) is 15.1. The molecule has 5 heteroatoms. The SMILES string of the molecule is CC(C)CN1CCN(C(=O)c2ccc(Cl)c(N)c2)CC1. The van der Waals surface area contributed by atoms with E-state index in [1.807, 2.05) is 4.90 Å². The smallest absolute Gasteiger partial charge is 0.254 e. The number of hydrogen-bond acceptors (Lipinski definition) is 3. The highest BCUT2D eigenvalue weighted by Gasteiger charge is 2.22. The van der Waals surface area contributed by atoms with Crippen molar-refractivity contribution in [1.82, 2.24) is 9.80 Å². The van der Waals surface area contributed by atoms with Gasteiger partial charge < -0.3 is 10.6 Å². The molecule has 0 saturated carbocycles. The molecule has 4 nitrogen and oxygen atoms in total. The highest BCUT2D eigenvalue weighted by molar-refractivity contribution is 6.33. The Labute approximate surface area is 125 Å². The summed E-state index contributed by atoms with van der Waals surface area (Å²) in [7, 11) is 0. The van der Waals surface area contributed by atoms with Gasteiger partial charge in [-0.1, -0.05) is 25.4 Å². The molecule has 1 fully saturated rings. The van der Waals surface area contributed by atoms with Crippen molar-refractivity contribution in [3.8, 4) is 0 Å². The van der Waals surface area contributed by atoms with Crippen LogP contribution in [0.5, 0.6) is 0 Å². The van der Waals surface area contributed by atoms with Crippen LogP contribution < -0.4 is 5.73 Å². The molecule has 20 heavy (non-hydrogen) atoms. The number of carbonyl (C=O) groups excluding carboxylic acids is 1. The second-order valence-electron chi connectivity index (χ2n) is 5.72. The fourth-order valence-electron chi connectivity index (χ4n) is 2.51. The van der Waals surface area contributed by atoms with E-state index in [9.17, 15) is 4.79 Å². The van der Waals surface area contributed by atoms with E-state index in [0.717, 1.165) is 32.7 Å². The van der Waals surface area contributed by atoms with E-state index >= 15 is 0 Å². The van der Waals surface area contributed by atoms with Crippen LogP contribution in [-0.2, 0) is 0 Å². The van der Waals surface area contributed by atoms with Gasteiger partial charge in [0.1, 0.15) is 0 Å². The molecular formula is C15H22ClN3O. The van der Waals surface area contributed by atoms with Gasteiger partial charge >= 0.3 is 0 Å². The molecule has 0 radical (unpaired) electrons. The van der Waals surface area contributed by atoms with Gasteiger partial charge in [-0.15, -0.1) is 0 Å². The van der Waals surface area contributed by atoms with Crippen molar-refractivity contribution in [2.45, 2.75) is 13.8 Å². The van der Waals surface area contributed by atoms with Crippen LogP contribution in [0.15, 0.2) is 18.2 Å². The van der Waals surface area contributed by atoms with Crippen LogP contribution in [-0.4, -0.2) is 48.4 Å². The molecule has 2 rings (SSSR count). The lowest BCUT2D eigenvalue weighted by Crippen LogP contribution is -2.49. The third-order valence-electron chi connectivity index (χ3n) is 3.53. The number of rotatable bonds is 3. The van der Waals surface area contributed by atoms with E-state index in [1.54, 1.807) is 18.2 Å². The van der Waals surface area contributed by atoms with Crippen molar-refractivity contribution in [3.63, 3.8) is 0 Å². The van der Waals surface area contributed by atoms with Gasteiger partial charge in [0.25, 0.3) is 5.91 Å². The number of amides is 1. The summed E-state index contributed by atoms with van der Waals surface area (Å²) >= 11 is 5.88. The number of halogens is 1. The Hall–Kier alpha value is -1.26. The van der Waals surface area contributed by atoms with Crippen molar-refractivity contribution in [1.29, 1.82) is 0 Å². The average Bonchev–Trinajstić information content (AvgIpc) is 2.41. The molecule has 0 spiro atoms. The van der Waals surface area contributed by atoms with Gasteiger partial charge in [-0.2, -0.15) is 0 Å². The minimum atomic E-state index is 0.0394. The van der Waals surface area contributed by atoms with Crippen LogP contribution >= 0.6 is 11.6 Å². The Morgan fingerprint density at radius 2 is 1.95 bits per heavy atom. The third kappa shape index (κ3) is 3.64. The quantitative estimate of drug-likeness (QED) is 0.871. The molecule has 1 aromatic carbocycles. The number of nitrogens with zero attached hydrogens (tertiary/aromatic N) is 2. The maximum Gasteiger partial charge on any atom is 0.254 e. The van der Waals surface area contributed by atoms with Gasteiger partial charge in [0.05, 0.1) is 10.7 Å². The number of hydrogen-bond donors (Lipinski definition) is 1. The number of nitrogens with two attached hydrogens (primary N) is 1. The summed E-state index contributed by atoms with van der Waals surface area (Å²) in [6.45, 7) is 8.94. The van der Waals surface area contributed by atoms with Crippen LogP contribution in [0.25, 0.3) is 0 Å². The van der Waals surface area contributed by atoms with Crippen molar-refractivity contribution in [2.24, 2.45) is 5.92 Å². The zero-order chi connectivity index (χ0) is 14.7. The monoisotopic (exact) mass is 295 g/mol. The standard InChI is InChI=1S/C15H22ClN3O/c1-11(2)10-18-5-7-19(8-6-18)15(20)12-3-4-13(16)14(17)9-12/h3-4,9,11H,5-8,10,17H2,1-2H3. The van der Waals surface area contributed by atoms with E-state index in [0.29, 0.717) is 22.2 Å². The van der Waals surface area contributed by atoms with Gasteiger partial charge in [0.15, 0.2) is 0 Å². The zero-order valence-electron chi connectivity index (χ0n) is 12.1. The minimum Gasteiger partial charge on any atom is -0.398 e. The highest BCUT2D eigenvalue weighted by Crippen LogP contribution is 2.20. The van der Waals surface area contributed by atoms with E-state index in [1.165, 1.54) is 0 Å². The van der Waals surface area contributed by atoms with Gasteiger partial charge in [-0.05, 0) is 24.1 Å². The summed E-state index contributed by atoms with van der Waals surface area (Å²) < 4.78 is 0. The Morgan fingerprint density at radius 3 is 2.50 bits per heavy atom. The van der Waals surface area contributed by atoms with Gasteiger partial charge in [0, 0.05) is 38.3 Å². The maximum absolute atomic E-state index is 12.4. The Bertz CT molecular complexity index is 482. The molecule has 0 aliphatic carbocycles. The Kier molecular flexibility index (Phi) is 4.89. The van der Waals surface area contributed by atoms with Crippen molar-refractivity contribution in [3.05, 3.63) is 28.8 Å². The van der Waals surface area contributed by atoms with Crippen molar-refractivity contribution >= 4 is 23.2 Å². The lowest BCUT2D eigenvalue weighted by atomic mass is 10.1. The Morgan fingerprint density at radius 1 is 1.30 bits per heavy atom. The third-order valence-corrected chi connectivity index (χ3v) is 3.87. The van der Waals surface area contributed by atoms with Crippen LogP contribution in [0.4, 0.5) is 5.69 Å². The molecule has 0 bridgehead atoms. The van der Waals surface area contributed by atoms with Gasteiger partial charge in [-0.3, -0.25) is 9.69 Å². The summed E-state index contributed by atoms with van der Waals surface area (Å²) in [4.78, 5) is 16.7. The molecule has 0 aromatic heterocycles. The lowest BCUT2D eigenvalue weighted by Gasteiger charge is -2.35. The highest BCUT2D eigenvalue weighted by atomic mass is 35.5. The predicted molar refractivity (Wildman–Crippen MR) is 83.0 cm³/mol. The van der Waals surface area contributed by atoms with Crippen LogP contribution in [0.3, 0.4) is 0 Å². The fourth-order valence-corrected chi connectivity index (χ4v) is 2.63. The normalized spacial score (nSPS) is 16.7. The summed E-state index contributed by atoms with van der Waals surface area (Å²) in [6, 6.07) is 5.08. The molecule has 1 aromatic rings. The molecule has 0 atom stereocenters. The number of carbonyl (C=O) groups is 1. The summed E-state index contributed by atoms with van der Waals surface area (Å²) in [6.07, 6.45) is 0. The molecule has 2 N–H and O–H groups in total. The molecular weight excluding hydrogens is 274 g/mol. The maximum atomic E-state index is 12.4. The van der Waals surface area contributed by atoms with Crippen molar-refractivity contribution < 1.29 is 4.79 Å². The zero-order valence-corrected chi connectivity index (χ0v) is 12.9. The van der Waals surface area contributed by atoms with E-state index < -0.39 is 0 Å². The van der Waals surface area contributed by atoms with E-state index in [2.05, 4.69) is 18.7 Å². The van der Waals surface area contributed by atoms with Crippen molar-refractivity contribution in [2.75, 3.05) is 38.5 Å². The topological polar surface area (TPSA) is 49.6 Å². The average molecular weight is 296 g/mol. The summed E-state index contributed by atoms with van der Waals surface area (Å²) in [5.41, 5.74) is 6.82. The van der Waals surface area contributed by atoms with E-state index in [4.69, 9.17) is 17.3 Å². The number of nitrogen functional groups attached to an aromatic ring is 1. The van der Waals surface area contributed by atoms with Gasteiger partial charge in [-0.25, -0.2) is 0 Å². The molecule has 0 unspecified atom stereocenters. The first-order chi connectivity index (χ1) is 9.47. The van der Waals surface area contributed by atoms with Crippen LogP contribution in [0.1, 0.15) is 24.2 Å². The molecule has 110 valence electrons. The first-order valence-electron chi connectivity index (χ1n) is 7.04.